The van der Waals surface area contributed by atoms with E-state index in [1.54, 1.807) is 6.92 Å². The third-order valence-electron chi connectivity index (χ3n) is 2.80. The fourth-order valence-electron chi connectivity index (χ4n) is 1.85. The van der Waals surface area contributed by atoms with E-state index in [0.29, 0.717) is 22.9 Å². The summed E-state index contributed by atoms with van der Waals surface area (Å²) in [5.41, 5.74) is 1.63. The van der Waals surface area contributed by atoms with Crippen LogP contribution in [0.15, 0.2) is 6.07 Å². The standard InChI is InChI=1S/C13H17ClO4/c1-7-5-9(6-8(2)13(15)16)12(18-4)10(14)11(7)17-3/h5,8H,6H2,1-4H3,(H,15,16). The Morgan fingerprint density at radius 2 is 1.94 bits per heavy atom. The Balaban J connectivity index is 3.24. The van der Waals surface area contributed by atoms with Crippen LogP contribution < -0.4 is 9.47 Å². The molecule has 5 heteroatoms. The number of hydrogen-bond donors (Lipinski definition) is 1. The van der Waals surface area contributed by atoms with E-state index in [1.807, 2.05) is 13.0 Å². The number of carboxylic acids is 1. The summed E-state index contributed by atoms with van der Waals surface area (Å²) in [5.74, 6) is -0.308. The summed E-state index contributed by atoms with van der Waals surface area (Å²) < 4.78 is 10.4. The molecule has 1 aromatic carbocycles. The van der Waals surface area contributed by atoms with Gasteiger partial charge >= 0.3 is 5.97 Å². The molecular formula is C13H17ClO4. The highest BCUT2D eigenvalue weighted by Crippen LogP contribution is 2.40. The van der Waals surface area contributed by atoms with Crippen molar-refractivity contribution in [1.82, 2.24) is 0 Å². The first-order valence-electron chi connectivity index (χ1n) is 5.55. The first-order valence-corrected chi connectivity index (χ1v) is 5.92. The second kappa shape index (κ2) is 5.96. The predicted octanol–water partition coefficient (Wildman–Crippen LogP) is 2.93. The van der Waals surface area contributed by atoms with Crippen molar-refractivity contribution in [2.24, 2.45) is 5.92 Å². The van der Waals surface area contributed by atoms with Gasteiger partial charge in [-0.05, 0) is 30.5 Å². The fourth-order valence-corrected chi connectivity index (χ4v) is 2.27. The first kappa shape index (κ1) is 14.6. The van der Waals surface area contributed by atoms with Gasteiger partial charge in [0.05, 0.1) is 20.1 Å². The summed E-state index contributed by atoms with van der Waals surface area (Å²) in [6, 6.07) is 1.85. The van der Waals surface area contributed by atoms with Crippen LogP contribution in [0.3, 0.4) is 0 Å². The van der Waals surface area contributed by atoms with Crippen LogP contribution in [0.5, 0.6) is 11.5 Å². The SMILES string of the molecule is COc1c(C)cc(CC(C)C(=O)O)c(OC)c1Cl. The van der Waals surface area contributed by atoms with Crippen molar-refractivity contribution in [1.29, 1.82) is 0 Å². The molecule has 0 saturated heterocycles. The molecule has 0 amide bonds. The van der Waals surface area contributed by atoms with Gasteiger partial charge in [-0.15, -0.1) is 0 Å². The normalized spacial score (nSPS) is 12.1. The minimum Gasteiger partial charge on any atom is -0.495 e. The predicted molar refractivity (Wildman–Crippen MR) is 69.8 cm³/mol. The summed E-state index contributed by atoms with van der Waals surface area (Å²) in [7, 11) is 3.04. The quantitative estimate of drug-likeness (QED) is 0.895. The third-order valence-corrected chi connectivity index (χ3v) is 3.14. The average molecular weight is 273 g/mol. The van der Waals surface area contributed by atoms with Crippen molar-refractivity contribution in [3.8, 4) is 11.5 Å². The Kier molecular flexibility index (Phi) is 4.84. The van der Waals surface area contributed by atoms with Crippen LogP contribution in [-0.4, -0.2) is 25.3 Å². The summed E-state index contributed by atoms with van der Waals surface area (Å²) in [6.07, 6.45) is 0.364. The molecule has 0 aliphatic heterocycles. The van der Waals surface area contributed by atoms with Crippen LogP contribution in [0.1, 0.15) is 18.1 Å². The largest absolute Gasteiger partial charge is 0.495 e. The van der Waals surface area contributed by atoms with Crippen molar-refractivity contribution in [3.05, 3.63) is 22.2 Å². The first-order chi connectivity index (χ1) is 8.42. The molecule has 0 bridgehead atoms. The summed E-state index contributed by atoms with van der Waals surface area (Å²) in [6.45, 7) is 3.51. The lowest BCUT2D eigenvalue weighted by molar-refractivity contribution is -0.141. The monoisotopic (exact) mass is 272 g/mol. The molecule has 0 saturated carbocycles. The van der Waals surface area contributed by atoms with E-state index in [1.165, 1.54) is 14.2 Å². The van der Waals surface area contributed by atoms with E-state index in [0.717, 1.165) is 11.1 Å². The number of ether oxygens (including phenoxy) is 2. The number of aliphatic carboxylic acids is 1. The molecular weight excluding hydrogens is 256 g/mol. The Labute approximate surface area is 111 Å². The number of aryl methyl sites for hydroxylation is 1. The summed E-state index contributed by atoms with van der Waals surface area (Å²) in [4.78, 5) is 10.9. The van der Waals surface area contributed by atoms with E-state index < -0.39 is 11.9 Å². The zero-order valence-electron chi connectivity index (χ0n) is 10.9. The van der Waals surface area contributed by atoms with Gasteiger partial charge in [0.15, 0.2) is 0 Å². The lowest BCUT2D eigenvalue weighted by Crippen LogP contribution is -2.13. The maximum atomic E-state index is 10.9. The summed E-state index contributed by atoms with van der Waals surface area (Å²) in [5, 5.41) is 9.33. The molecule has 0 aliphatic rings. The number of halogens is 1. The number of methoxy groups -OCH3 is 2. The maximum absolute atomic E-state index is 10.9. The zero-order chi connectivity index (χ0) is 13.9. The van der Waals surface area contributed by atoms with Crippen molar-refractivity contribution in [3.63, 3.8) is 0 Å². The lowest BCUT2D eigenvalue weighted by Gasteiger charge is -2.16. The van der Waals surface area contributed by atoms with Gasteiger partial charge in [0.2, 0.25) is 0 Å². The van der Waals surface area contributed by atoms with E-state index in [2.05, 4.69) is 0 Å². The van der Waals surface area contributed by atoms with Crippen LogP contribution >= 0.6 is 11.6 Å². The van der Waals surface area contributed by atoms with Crippen LogP contribution in [0.25, 0.3) is 0 Å². The second-order valence-electron chi connectivity index (χ2n) is 4.18. The highest BCUT2D eigenvalue weighted by atomic mass is 35.5. The van der Waals surface area contributed by atoms with Gasteiger partial charge in [0.1, 0.15) is 16.5 Å². The van der Waals surface area contributed by atoms with Crippen LogP contribution in [0, 0.1) is 12.8 Å². The number of rotatable bonds is 5. The molecule has 1 atom stereocenters. The van der Waals surface area contributed by atoms with Gasteiger partial charge in [-0.25, -0.2) is 0 Å². The molecule has 1 N–H and O–H groups in total. The van der Waals surface area contributed by atoms with Crippen molar-refractivity contribution < 1.29 is 19.4 Å². The molecule has 100 valence electrons. The highest BCUT2D eigenvalue weighted by Gasteiger charge is 2.20. The van der Waals surface area contributed by atoms with Gasteiger partial charge in [0, 0.05) is 0 Å². The molecule has 18 heavy (non-hydrogen) atoms. The van der Waals surface area contributed by atoms with E-state index in [-0.39, 0.29) is 0 Å². The van der Waals surface area contributed by atoms with Crippen molar-refractivity contribution in [2.75, 3.05) is 14.2 Å². The van der Waals surface area contributed by atoms with Crippen LogP contribution in [-0.2, 0) is 11.2 Å². The number of carboxylic acid groups (broad SMARTS) is 1. The lowest BCUT2D eigenvalue weighted by atomic mass is 9.98. The van der Waals surface area contributed by atoms with Gasteiger partial charge in [-0.1, -0.05) is 18.5 Å². The molecule has 0 heterocycles. The Hall–Kier alpha value is -1.42. The number of hydrogen-bond acceptors (Lipinski definition) is 3. The highest BCUT2D eigenvalue weighted by molar-refractivity contribution is 6.33. The third kappa shape index (κ3) is 2.88. The van der Waals surface area contributed by atoms with Crippen molar-refractivity contribution in [2.45, 2.75) is 20.3 Å². The molecule has 1 rings (SSSR count). The zero-order valence-corrected chi connectivity index (χ0v) is 11.7. The van der Waals surface area contributed by atoms with Crippen molar-refractivity contribution >= 4 is 17.6 Å². The van der Waals surface area contributed by atoms with E-state index in [4.69, 9.17) is 26.2 Å². The smallest absolute Gasteiger partial charge is 0.306 e. The van der Waals surface area contributed by atoms with Gasteiger partial charge in [-0.3, -0.25) is 4.79 Å². The van der Waals surface area contributed by atoms with Gasteiger partial charge in [0.25, 0.3) is 0 Å². The number of carbonyl (C=O) groups is 1. The molecule has 0 aromatic heterocycles. The number of benzene rings is 1. The topological polar surface area (TPSA) is 55.8 Å². The molecule has 1 aromatic rings. The molecule has 0 radical (unpaired) electrons. The van der Waals surface area contributed by atoms with Crippen LogP contribution in [0.2, 0.25) is 5.02 Å². The minimum absolute atomic E-state index is 0.364. The second-order valence-corrected chi connectivity index (χ2v) is 4.55. The summed E-state index contributed by atoms with van der Waals surface area (Å²) >= 11 is 6.19. The average Bonchev–Trinajstić information content (AvgIpc) is 2.29. The molecule has 1 unspecified atom stereocenters. The molecule has 4 nitrogen and oxygen atoms in total. The maximum Gasteiger partial charge on any atom is 0.306 e. The Morgan fingerprint density at radius 3 is 2.39 bits per heavy atom. The van der Waals surface area contributed by atoms with Crippen LogP contribution in [0.4, 0.5) is 0 Å². The van der Waals surface area contributed by atoms with E-state index in [9.17, 15) is 4.79 Å². The minimum atomic E-state index is -0.846. The van der Waals surface area contributed by atoms with E-state index >= 15 is 0 Å². The van der Waals surface area contributed by atoms with Gasteiger partial charge < -0.3 is 14.6 Å². The Morgan fingerprint density at radius 1 is 1.39 bits per heavy atom. The Bertz CT molecular complexity index is 457. The molecule has 0 aliphatic carbocycles. The fraction of sp³-hybridized carbons (Fsp3) is 0.462. The van der Waals surface area contributed by atoms with Gasteiger partial charge in [-0.2, -0.15) is 0 Å². The molecule has 0 spiro atoms. The molecule has 0 fully saturated rings.